The summed E-state index contributed by atoms with van der Waals surface area (Å²) in [6, 6.07) is 16.5. The summed E-state index contributed by atoms with van der Waals surface area (Å²) in [6.07, 6.45) is 4.72. The van der Waals surface area contributed by atoms with Crippen LogP contribution in [0.1, 0.15) is 25.7 Å². The molecule has 0 spiro atoms. The van der Waals surface area contributed by atoms with Crippen LogP contribution in [0.25, 0.3) is 0 Å². The average Bonchev–Trinajstić information content (AvgIpc) is 3.02. The molecule has 218 valence electrons. The van der Waals surface area contributed by atoms with Gasteiger partial charge in [0, 0.05) is 93.6 Å². The van der Waals surface area contributed by atoms with Gasteiger partial charge in [0.2, 0.25) is 0 Å². The molecule has 0 amide bonds. The molecule has 0 unspecified atom stereocenters. The Morgan fingerprint density at radius 3 is 1.57 bits per heavy atom. The number of benzene rings is 2. The van der Waals surface area contributed by atoms with Gasteiger partial charge in [-0.15, -0.1) is 0 Å². The zero-order valence-electron chi connectivity index (χ0n) is 23.5. The third-order valence-corrected chi connectivity index (χ3v) is 8.69. The number of nitrogen functional groups attached to an aromatic ring is 1. The molecular formula is C30H44N6O4. The Bertz CT molecular complexity index is 1080. The van der Waals surface area contributed by atoms with Crippen molar-refractivity contribution in [2.24, 2.45) is 0 Å². The van der Waals surface area contributed by atoms with Gasteiger partial charge in [-0.05, 0) is 49.9 Å². The minimum absolute atomic E-state index is 0.169. The predicted molar refractivity (Wildman–Crippen MR) is 159 cm³/mol. The van der Waals surface area contributed by atoms with E-state index in [1.807, 2.05) is 18.2 Å². The SMILES string of the molecule is Nc1cccc(N2CCC(N3CCOCC3)CC2)c1.O=[N+]([O-])c1cccc(N2CCC(N3CCOCC3)CC2)c1. The van der Waals surface area contributed by atoms with Crippen LogP contribution in [0, 0.1) is 10.1 Å². The normalized spacial score (nSPS) is 22.0. The Morgan fingerprint density at radius 2 is 1.12 bits per heavy atom. The van der Waals surface area contributed by atoms with Gasteiger partial charge in [0.05, 0.1) is 31.4 Å². The van der Waals surface area contributed by atoms with Crippen molar-refractivity contribution in [2.45, 2.75) is 37.8 Å². The van der Waals surface area contributed by atoms with Crippen LogP contribution in [-0.4, -0.2) is 106 Å². The second kappa shape index (κ2) is 14.1. The van der Waals surface area contributed by atoms with Gasteiger partial charge in [-0.1, -0.05) is 12.1 Å². The zero-order chi connectivity index (χ0) is 27.7. The van der Waals surface area contributed by atoms with Crippen LogP contribution in [0.15, 0.2) is 48.5 Å². The Kier molecular flexibility index (Phi) is 10.1. The van der Waals surface area contributed by atoms with E-state index in [0.29, 0.717) is 6.04 Å². The number of piperidine rings is 2. The highest BCUT2D eigenvalue weighted by Gasteiger charge is 2.27. The Balaban J connectivity index is 0.000000162. The molecule has 0 bridgehead atoms. The number of hydrogen-bond acceptors (Lipinski definition) is 9. The molecule has 10 heteroatoms. The van der Waals surface area contributed by atoms with E-state index in [1.165, 1.54) is 18.5 Å². The van der Waals surface area contributed by atoms with Crippen molar-refractivity contribution in [3.05, 3.63) is 58.6 Å². The fourth-order valence-corrected chi connectivity index (χ4v) is 6.39. The number of rotatable bonds is 5. The van der Waals surface area contributed by atoms with Gasteiger partial charge in [-0.2, -0.15) is 0 Å². The lowest BCUT2D eigenvalue weighted by Crippen LogP contribution is -2.49. The largest absolute Gasteiger partial charge is 0.399 e. The number of nitrogens with zero attached hydrogens (tertiary/aromatic N) is 5. The van der Waals surface area contributed by atoms with E-state index in [-0.39, 0.29) is 10.6 Å². The van der Waals surface area contributed by atoms with Crippen molar-refractivity contribution >= 4 is 22.7 Å². The van der Waals surface area contributed by atoms with Gasteiger partial charge in [-0.25, -0.2) is 0 Å². The highest BCUT2D eigenvalue weighted by molar-refractivity contribution is 5.56. The molecule has 0 aromatic heterocycles. The van der Waals surface area contributed by atoms with E-state index in [9.17, 15) is 10.1 Å². The summed E-state index contributed by atoms with van der Waals surface area (Å²) in [7, 11) is 0. The standard InChI is InChI=1S/C15H21N3O3.C15H23N3O/c19-18(20)15-3-1-2-14(12-15)16-6-4-13(5-7-16)17-8-10-21-11-9-17;16-13-2-1-3-15(12-13)17-6-4-14(5-7-17)18-8-10-19-11-9-18/h1-3,12-13H,4-11H2;1-3,12,14H,4-11,16H2. The summed E-state index contributed by atoms with van der Waals surface area (Å²) in [5.41, 5.74) is 9.11. The monoisotopic (exact) mass is 552 g/mol. The molecule has 4 saturated heterocycles. The van der Waals surface area contributed by atoms with Crippen molar-refractivity contribution < 1.29 is 14.4 Å². The van der Waals surface area contributed by atoms with E-state index in [0.717, 1.165) is 109 Å². The molecular weight excluding hydrogens is 508 g/mol. The van der Waals surface area contributed by atoms with Gasteiger partial charge in [0.1, 0.15) is 0 Å². The lowest BCUT2D eigenvalue weighted by molar-refractivity contribution is -0.384. The molecule has 0 aliphatic carbocycles. The Labute approximate surface area is 237 Å². The topological polar surface area (TPSA) is 101 Å². The summed E-state index contributed by atoms with van der Waals surface area (Å²) < 4.78 is 10.8. The molecule has 0 saturated carbocycles. The van der Waals surface area contributed by atoms with Crippen molar-refractivity contribution in [3.8, 4) is 0 Å². The second-order valence-electron chi connectivity index (χ2n) is 11.1. The first kappa shape index (κ1) is 28.6. The fourth-order valence-electron chi connectivity index (χ4n) is 6.39. The molecule has 4 fully saturated rings. The summed E-state index contributed by atoms with van der Waals surface area (Å²) >= 11 is 0. The lowest BCUT2D eigenvalue weighted by Gasteiger charge is -2.40. The summed E-state index contributed by atoms with van der Waals surface area (Å²) in [6.45, 7) is 11.9. The van der Waals surface area contributed by atoms with Gasteiger partial charge in [-0.3, -0.25) is 19.9 Å². The molecule has 4 heterocycles. The van der Waals surface area contributed by atoms with E-state index >= 15 is 0 Å². The van der Waals surface area contributed by atoms with Crippen LogP contribution in [0.2, 0.25) is 0 Å². The third-order valence-electron chi connectivity index (χ3n) is 8.69. The minimum Gasteiger partial charge on any atom is -0.399 e. The summed E-state index contributed by atoms with van der Waals surface area (Å²) in [4.78, 5) is 20.4. The van der Waals surface area contributed by atoms with Crippen LogP contribution in [-0.2, 0) is 9.47 Å². The number of nitrogens with two attached hydrogens (primary N) is 1. The highest BCUT2D eigenvalue weighted by Crippen LogP contribution is 2.27. The van der Waals surface area contributed by atoms with Crippen molar-refractivity contribution in [1.29, 1.82) is 0 Å². The Hall–Kier alpha value is -2.92. The number of non-ortho nitro benzene ring substituents is 1. The molecule has 2 aromatic carbocycles. The van der Waals surface area contributed by atoms with E-state index in [4.69, 9.17) is 15.2 Å². The summed E-state index contributed by atoms with van der Waals surface area (Å²) in [5, 5.41) is 10.9. The van der Waals surface area contributed by atoms with Crippen molar-refractivity contribution in [2.75, 3.05) is 94.3 Å². The van der Waals surface area contributed by atoms with Gasteiger partial charge < -0.3 is 25.0 Å². The lowest BCUT2D eigenvalue weighted by atomic mass is 10.0. The fraction of sp³-hybridized carbons (Fsp3) is 0.600. The molecule has 2 N–H and O–H groups in total. The molecule has 40 heavy (non-hydrogen) atoms. The highest BCUT2D eigenvalue weighted by atomic mass is 16.6. The Morgan fingerprint density at radius 1 is 0.675 bits per heavy atom. The van der Waals surface area contributed by atoms with Crippen LogP contribution < -0.4 is 15.5 Å². The number of hydrogen-bond donors (Lipinski definition) is 1. The number of nitro benzene ring substituents is 1. The molecule has 0 radical (unpaired) electrons. The molecule has 0 atom stereocenters. The molecule has 4 aliphatic rings. The van der Waals surface area contributed by atoms with Crippen LogP contribution >= 0.6 is 0 Å². The van der Waals surface area contributed by atoms with E-state index < -0.39 is 0 Å². The third kappa shape index (κ3) is 7.63. The van der Waals surface area contributed by atoms with Gasteiger partial charge in [0.25, 0.3) is 5.69 Å². The van der Waals surface area contributed by atoms with Crippen molar-refractivity contribution in [1.82, 2.24) is 9.80 Å². The molecule has 10 nitrogen and oxygen atoms in total. The van der Waals surface area contributed by atoms with Crippen molar-refractivity contribution in [3.63, 3.8) is 0 Å². The van der Waals surface area contributed by atoms with Crippen LogP contribution in [0.4, 0.5) is 22.7 Å². The quantitative estimate of drug-likeness (QED) is 0.340. The number of morpholine rings is 2. The first-order chi connectivity index (χ1) is 19.6. The smallest absolute Gasteiger partial charge is 0.271 e. The molecule has 6 rings (SSSR count). The first-order valence-electron chi connectivity index (χ1n) is 14.8. The minimum atomic E-state index is -0.329. The molecule has 2 aromatic rings. The van der Waals surface area contributed by atoms with Crippen LogP contribution in [0.5, 0.6) is 0 Å². The first-order valence-corrected chi connectivity index (χ1v) is 14.8. The second-order valence-corrected chi connectivity index (χ2v) is 11.1. The number of ether oxygens (including phenoxy) is 2. The van der Waals surface area contributed by atoms with E-state index in [2.05, 4.69) is 31.7 Å². The van der Waals surface area contributed by atoms with E-state index in [1.54, 1.807) is 18.2 Å². The molecule has 4 aliphatic heterocycles. The number of anilines is 3. The summed E-state index contributed by atoms with van der Waals surface area (Å²) in [5.74, 6) is 0. The van der Waals surface area contributed by atoms with Gasteiger partial charge >= 0.3 is 0 Å². The average molecular weight is 553 g/mol. The maximum Gasteiger partial charge on any atom is 0.271 e. The van der Waals surface area contributed by atoms with Crippen LogP contribution in [0.3, 0.4) is 0 Å². The maximum atomic E-state index is 10.9. The van der Waals surface area contributed by atoms with Gasteiger partial charge in [0.15, 0.2) is 0 Å². The number of nitro groups is 1. The maximum absolute atomic E-state index is 10.9. The predicted octanol–water partition coefficient (Wildman–Crippen LogP) is 3.47. The zero-order valence-corrected chi connectivity index (χ0v) is 23.5.